The van der Waals surface area contributed by atoms with Crippen molar-refractivity contribution in [2.45, 2.75) is 25.4 Å². The molecule has 2 aliphatic heterocycles. The van der Waals surface area contributed by atoms with Crippen molar-refractivity contribution in [1.29, 1.82) is 0 Å². The van der Waals surface area contributed by atoms with Crippen LogP contribution in [0, 0.1) is 11.7 Å². The van der Waals surface area contributed by atoms with Gasteiger partial charge in [0.2, 0.25) is 11.8 Å². The van der Waals surface area contributed by atoms with Crippen LogP contribution in [-0.2, 0) is 16.1 Å². The summed E-state index contributed by atoms with van der Waals surface area (Å²) in [6.45, 7) is 0.576. The van der Waals surface area contributed by atoms with E-state index in [2.05, 4.69) is 10.1 Å². The Morgan fingerprint density at radius 1 is 1.06 bits per heavy atom. The molecular formula is C26H23FN4O3. The molecule has 1 saturated heterocycles. The third kappa shape index (κ3) is 4.26. The van der Waals surface area contributed by atoms with Crippen molar-refractivity contribution in [3.05, 3.63) is 95.6 Å². The summed E-state index contributed by atoms with van der Waals surface area (Å²) in [4.78, 5) is 32.0. The Hall–Kier alpha value is -4.07. The predicted octanol–water partition coefficient (Wildman–Crippen LogP) is 3.65. The number of amides is 2. The van der Waals surface area contributed by atoms with Gasteiger partial charge in [-0.3, -0.25) is 14.6 Å². The molecule has 2 aliphatic rings. The first-order chi connectivity index (χ1) is 16.5. The second-order valence-corrected chi connectivity index (χ2v) is 8.55. The number of hydrazone groups is 1. The molecule has 3 aromatic rings. The van der Waals surface area contributed by atoms with Gasteiger partial charge in [-0.1, -0.05) is 36.4 Å². The number of phenols is 1. The van der Waals surface area contributed by atoms with Gasteiger partial charge >= 0.3 is 0 Å². The maximum Gasteiger partial charge on any atom is 0.248 e. The largest absolute Gasteiger partial charge is 0.508 e. The van der Waals surface area contributed by atoms with Gasteiger partial charge in [-0.15, -0.1) is 0 Å². The SMILES string of the molecule is O=C1CC(C(=O)N2N=C(c3cccnc3)CC2c2ccccc2O)CN1Cc1ccc(F)cc1. The lowest BCUT2D eigenvalue weighted by Gasteiger charge is -2.25. The first-order valence-corrected chi connectivity index (χ1v) is 11.1. The minimum absolute atomic E-state index is 0.0851. The van der Waals surface area contributed by atoms with E-state index < -0.39 is 12.0 Å². The van der Waals surface area contributed by atoms with Crippen molar-refractivity contribution in [2.75, 3.05) is 6.54 Å². The molecule has 5 rings (SSSR count). The van der Waals surface area contributed by atoms with Crippen LogP contribution in [0.2, 0.25) is 0 Å². The molecule has 3 heterocycles. The van der Waals surface area contributed by atoms with Crippen LogP contribution < -0.4 is 0 Å². The normalized spacial score (nSPS) is 20.0. The van der Waals surface area contributed by atoms with Crippen molar-refractivity contribution < 1.29 is 19.1 Å². The number of likely N-dealkylation sites (tertiary alicyclic amines) is 1. The number of aromatic nitrogens is 1. The Balaban J connectivity index is 1.39. The van der Waals surface area contributed by atoms with Crippen LogP contribution in [0.5, 0.6) is 5.75 Å². The third-order valence-corrected chi connectivity index (χ3v) is 6.28. The van der Waals surface area contributed by atoms with Crippen molar-refractivity contribution >= 4 is 17.5 Å². The Labute approximate surface area is 196 Å². The molecule has 8 heteroatoms. The van der Waals surface area contributed by atoms with Crippen LogP contribution in [0.4, 0.5) is 4.39 Å². The number of para-hydroxylation sites is 1. The molecular weight excluding hydrogens is 435 g/mol. The zero-order chi connectivity index (χ0) is 23.7. The number of carbonyl (C=O) groups is 2. The molecule has 2 aromatic carbocycles. The number of aromatic hydroxyl groups is 1. The lowest BCUT2D eigenvalue weighted by molar-refractivity contribution is -0.137. The highest BCUT2D eigenvalue weighted by Gasteiger charge is 2.42. The number of hydrogen-bond acceptors (Lipinski definition) is 5. The first kappa shape index (κ1) is 21.8. The van der Waals surface area contributed by atoms with E-state index in [9.17, 15) is 19.1 Å². The molecule has 0 saturated carbocycles. The number of phenolic OH excluding ortho intramolecular Hbond substituents is 1. The molecule has 1 aromatic heterocycles. The van der Waals surface area contributed by atoms with Gasteiger partial charge in [0.25, 0.3) is 0 Å². The molecule has 2 unspecified atom stereocenters. The van der Waals surface area contributed by atoms with Crippen LogP contribution in [-0.4, -0.2) is 44.1 Å². The smallest absolute Gasteiger partial charge is 0.248 e. The van der Waals surface area contributed by atoms with Crippen molar-refractivity contribution in [3.8, 4) is 5.75 Å². The molecule has 1 fully saturated rings. The number of hydrogen-bond donors (Lipinski definition) is 1. The molecule has 0 spiro atoms. The summed E-state index contributed by atoms with van der Waals surface area (Å²) in [6.07, 6.45) is 3.87. The lowest BCUT2D eigenvalue weighted by atomic mass is 9.97. The van der Waals surface area contributed by atoms with E-state index in [0.717, 1.165) is 11.1 Å². The minimum atomic E-state index is -0.557. The number of carbonyl (C=O) groups excluding carboxylic acids is 2. The monoisotopic (exact) mass is 458 g/mol. The second-order valence-electron chi connectivity index (χ2n) is 8.55. The van der Waals surface area contributed by atoms with Crippen LogP contribution in [0.3, 0.4) is 0 Å². The maximum absolute atomic E-state index is 13.6. The fourth-order valence-electron chi connectivity index (χ4n) is 4.52. The van der Waals surface area contributed by atoms with Gasteiger partial charge in [0.15, 0.2) is 0 Å². The molecule has 2 atom stereocenters. The highest BCUT2D eigenvalue weighted by Crippen LogP contribution is 2.38. The number of nitrogens with zero attached hydrogens (tertiary/aromatic N) is 4. The Bertz CT molecular complexity index is 1250. The quantitative estimate of drug-likeness (QED) is 0.632. The van der Waals surface area contributed by atoms with Crippen LogP contribution >= 0.6 is 0 Å². The Morgan fingerprint density at radius 2 is 1.85 bits per heavy atom. The topological polar surface area (TPSA) is 86.1 Å². The van der Waals surface area contributed by atoms with Gasteiger partial charge in [-0.05, 0) is 29.8 Å². The molecule has 0 bridgehead atoms. The summed E-state index contributed by atoms with van der Waals surface area (Å²) in [6, 6.07) is 16.1. The standard InChI is InChI=1S/C26H23FN4O3/c27-20-9-7-17(8-10-20)15-30-16-19(12-25(30)33)26(34)31-23(21-5-1-2-6-24(21)32)13-22(29-31)18-4-3-11-28-14-18/h1-11,14,19,23,32H,12-13,15-16H2. The molecule has 1 N–H and O–H groups in total. The van der Waals surface area contributed by atoms with Crippen molar-refractivity contribution in [1.82, 2.24) is 14.9 Å². The summed E-state index contributed by atoms with van der Waals surface area (Å²) in [5, 5.41) is 16.5. The van der Waals surface area contributed by atoms with E-state index in [1.54, 1.807) is 53.7 Å². The van der Waals surface area contributed by atoms with Crippen LogP contribution in [0.15, 0.2) is 78.2 Å². The molecule has 2 amide bonds. The van der Waals surface area contributed by atoms with E-state index in [1.165, 1.54) is 17.1 Å². The molecule has 172 valence electrons. The molecule has 34 heavy (non-hydrogen) atoms. The summed E-state index contributed by atoms with van der Waals surface area (Å²) in [7, 11) is 0. The average Bonchev–Trinajstić information content (AvgIpc) is 3.45. The third-order valence-electron chi connectivity index (χ3n) is 6.28. The molecule has 0 aliphatic carbocycles. The van der Waals surface area contributed by atoms with Gasteiger partial charge in [0.1, 0.15) is 11.6 Å². The molecule has 7 nitrogen and oxygen atoms in total. The fraction of sp³-hybridized carbons (Fsp3) is 0.231. The van der Waals surface area contributed by atoms with E-state index >= 15 is 0 Å². The van der Waals surface area contributed by atoms with Gasteiger partial charge in [0, 0.05) is 49.5 Å². The number of pyridine rings is 1. The van der Waals surface area contributed by atoms with E-state index in [4.69, 9.17) is 0 Å². The fourth-order valence-corrected chi connectivity index (χ4v) is 4.52. The van der Waals surface area contributed by atoms with E-state index in [-0.39, 0.29) is 36.3 Å². The van der Waals surface area contributed by atoms with Crippen LogP contribution in [0.1, 0.15) is 35.6 Å². The minimum Gasteiger partial charge on any atom is -0.508 e. The number of rotatable bonds is 5. The van der Waals surface area contributed by atoms with Gasteiger partial charge in [-0.25, -0.2) is 9.40 Å². The van der Waals surface area contributed by atoms with Crippen molar-refractivity contribution in [3.63, 3.8) is 0 Å². The van der Waals surface area contributed by atoms with Gasteiger partial charge < -0.3 is 10.0 Å². The van der Waals surface area contributed by atoms with Crippen molar-refractivity contribution in [2.24, 2.45) is 11.0 Å². The Morgan fingerprint density at radius 3 is 2.59 bits per heavy atom. The summed E-state index contributed by atoms with van der Waals surface area (Å²) in [5.74, 6) is -1.19. The zero-order valence-electron chi connectivity index (χ0n) is 18.3. The number of halogens is 1. The first-order valence-electron chi connectivity index (χ1n) is 11.1. The predicted molar refractivity (Wildman–Crippen MR) is 123 cm³/mol. The van der Waals surface area contributed by atoms with E-state index in [1.807, 2.05) is 12.1 Å². The summed E-state index contributed by atoms with van der Waals surface area (Å²) >= 11 is 0. The van der Waals surface area contributed by atoms with Gasteiger partial charge in [-0.2, -0.15) is 5.10 Å². The summed E-state index contributed by atoms with van der Waals surface area (Å²) in [5.41, 5.74) is 2.90. The van der Waals surface area contributed by atoms with E-state index in [0.29, 0.717) is 24.2 Å². The highest BCUT2D eigenvalue weighted by atomic mass is 19.1. The lowest BCUT2D eigenvalue weighted by Crippen LogP contribution is -2.34. The second kappa shape index (κ2) is 9.05. The maximum atomic E-state index is 13.6. The van der Waals surface area contributed by atoms with Crippen LogP contribution in [0.25, 0.3) is 0 Å². The Kier molecular flexibility index (Phi) is 5.79. The average molecular weight is 458 g/mol. The number of benzene rings is 2. The zero-order valence-corrected chi connectivity index (χ0v) is 18.3. The molecule has 0 radical (unpaired) electrons. The highest BCUT2D eigenvalue weighted by molar-refractivity contribution is 6.03. The summed E-state index contributed by atoms with van der Waals surface area (Å²) < 4.78 is 13.2. The van der Waals surface area contributed by atoms with Gasteiger partial charge in [0.05, 0.1) is 17.7 Å².